The first-order chi connectivity index (χ1) is 14.4. The summed E-state index contributed by atoms with van der Waals surface area (Å²) in [7, 11) is -3.50. The quantitative estimate of drug-likeness (QED) is 0.441. The van der Waals surface area contributed by atoms with Crippen molar-refractivity contribution in [3.63, 3.8) is 0 Å². The van der Waals surface area contributed by atoms with E-state index < -0.39 is 15.8 Å². The summed E-state index contributed by atoms with van der Waals surface area (Å²) in [4.78, 5) is 25.6. The number of nitrogens with zero attached hydrogens (tertiary/aromatic N) is 2. The lowest BCUT2D eigenvalue weighted by atomic mass is 9.91. The van der Waals surface area contributed by atoms with Gasteiger partial charge in [0.05, 0.1) is 11.1 Å². The molecule has 1 heterocycles. The summed E-state index contributed by atoms with van der Waals surface area (Å²) in [6.45, 7) is 11.5. The van der Waals surface area contributed by atoms with Crippen LogP contribution in [-0.2, 0) is 21.2 Å². The van der Waals surface area contributed by atoms with E-state index in [4.69, 9.17) is 4.74 Å². The predicted molar refractivity (Wildman–Crippen MR) is 120 cm³/mol. The number of hydrogen-bond acceptors (Lipinski definition) is 6. The highest BCUT2D eigenvalue weighted by atomic mass is 32.2. The summed E-state index contributed by atoms with van der Waals surface area (Å²) in [5.74, 6) is -0.718. The van der Waals surface area contributed by atoms with Gasteiger partial charge in [0.1, 0.15) is 5.56 Å². The molecule has 0 aliphatic heterocycles. The molecule has 168 valence electrons. The van der Waals surface area contributed by atoms with Crippen LogP contribution in [0.25, 0.3) is 5.57 Å². The van der Waals surface area contributed by atoms with E-state index in [-0.39, 0.29) is 28.5 Å². The van der Waals surface area contributed by atoms with E-state index in [2.05, 4.69) is 5.10 Å². The van der Waals surface area contributed by atoms with E-state index in [1.165, 1.54) is 23.0 Å². The normalized spacial score (nSPS) is 11.3. The Bertz CT molecular complexity index is 1150. The monoisotopic (exact) mass is 446 g/mol. The van der Waals surface area contributed by atoms with E-state index in [9.17, 15) is 18.0 Å². The van der Waals surface area contributed by atoms with Gasteiger partial charge in [0.25, 0.3) is 0 Å². The third-order valence-electron chi connectivity index (χ3n) is 5.17. The molecular weight excluding hydrogens is 416 g/mol. The lowest BCUT2D eigenvalue weighted by Crippen LogP contribution is -2.15. The number of sulfone groups is 1. The molecule has 0 unspecified atom stereocenters. The summed E-state index contributed by atoms with van der Waals surface area (Å²) in [6.07, 6.45) is 3.46. The molecule has 0 saturated carbocycles. The number of aryl methyl sites for hydroxylation is 1. The van der Waals surface area contributed by atoms with Gasteiger partial charge in [-0.05, 0) is 62.9 Å². The fourth-order valence-electron chi connectivity index (χ4n) is 3.29. The number of carbonyl (C=O) groups excluding carboxylic acids is 2. The highest BCUT2D eigenvalue weighted by Gasteiger charge is 2.26. The molecule has 0 bridgehead atoms. The van der Waals surface area contributed by atoms with Crippen molar-refractivity contribution in [1.82, 2.24) is 9.78 Å². The Morgan fingerprint density at radius 3 is 2.26 bits per heavy atom. The summed E-state index contributed by atoms with van der Waals surface area (Å²) in [5, 5.41) is 4.23. The van der Waals surface area contributed by atoms with Gasteiger partial charge in [-0.2, -0.15) is 5.10 Å². The zero-order valence-electron chi connectivity index (χ0n) is 19.2. The zero-order valence-corrected chi connectivity index (χ0v) is 20.0. The van der Waals surface area contributed by atoms with Gasteiger partial charge in [0.2, 0.25) is 5.88 Å². The number of aromatic nitrogens is 2. The maximum absolute atomic E-state index is 13.5. The Morgan fingerprint density at radius 2 is 1.74 bits per heavy atom. The number of carbonyl (C=O) groups is 2. The van der Waals surface area contributed by atoms with Crippen molar-refractivity contribution < 1.29 is 22.7 Å². The van der Waals surface area contributed by atoms with E-state index in [0.29, 0.717) is 23.2 Å². The van der Waals surface area contributed by atoms with Crippen LogP contribution in [0.5, 0.6) is 5.88 Å². The van der Waals surface area contributed by atoms with Crippen LogP contribution in [0.2, 0.25) is 0 Å². The van der Waals surface area contributed by atoms with E-state index >= 15 is 0 Å². The van der Waals surface area contributed by atoms with Gasteiger partial charge >= 0.3 is 5.97 Å². The third-order valence-corrected chi connectivity index (χ3v) is 6.31. The van der Waals surface area contributed by atoms with Gasteiger partial charge in [-0.3, -0.25) is 9.59 Å². The molecule has 8 heteroatoms. The minimum Gasteiger partial charge on any atom is -0.407 e. The maximum atomic E-state index is 13.5. The van der Waals surface area contributed by atoms with Gasteiger partial charge in [-0.1, -0.05) is 19.4 Å². The molecule has 1 aromatic carbocycles. The first-order valence-electron chi connectivity index (χ1n) is 10.2. The van der Waals surface area contributed by atoms with Gasteiger partial charge in [-0.25, -0.2) is 13.1 Å². The lowest BCUT2D eigenvalue weighted by Gasteiger charge is -2.17. The zero-order chi connectivity index (χ0) is 23.5. The molecular formula is C23H30N2O5S. The molecule has 0 radical (unpaired) electrons. The molecule has 0 saturated heterocycles. The minimum atomic E-state index is -3.50. The molecule has 0 aliphatic rings. The molecule has 7 nitrogen and oxygen atoms in total. The van der Waals surface area contributed by atoms with Crippen LogP contribution in [0.15, 0.2) is 28.8 Å². The molecule has 0 N–H and O–H groups in total. The Morgan fingerprint density at radius 1 is 1.10 bits per heavy atom. The second-order valence-corrected chi connectivity index (χ2v) is 9.74. The van der Waals surface area contributed by atoms with Crippen LogP contribution in [-0.4, -0.2) is 36.2 Å². The molecule has 31 heavy (non-hydrogen) atoms. The number of esters is 1. The van der Waals surface area contributed by atoms with Crippen LogP contribution in [0.4, 0.5) is 0 Å². The number of hydrogen-bond donors (Lipinski definition) is 0. The average Bonchev–Trinajstić information content (AvgIpc) is 3.08. The van der Waals surface area contributed by atoms with E-state index in [1.54, 1.807) is 13.8 Å². The Balaban J connectivity index is 2.73. The van der Waals surface area contributed by atoms with Crippen molar-refractivity contribution >= 4 is 27.2 Å². The lowest BCUT2D eigenvalue weighted by molar-refractivity contribution is -0.134. The van der Waals surface area contributed by atoms with Crippen molar-refractivity contribution in [2.24, 2.45) is 0 Å². The van der Waals surface area contributed by atoms with Gasteiger partial charge in [0.15, 0.2) is 15.6 Å². The Hall–Kier alpha value is -2.74. The third kappa shape index (κ3) is 5.12. The van der Waals surface area contributed by atoms with E-state index in [0.717, 1.165) is 23.8 Å². The van der Waals surface area contributed by atoms with Gasteiger partial charge in [0, 0.05) is 24.8 Å². The Labute approximate surface area is 184 Å². The molecule has 1 aromatic heterocycles. The summed E-state index contributed by atoms with van der Waals surface area (Å²) >= 11 is 0. The highest BCUT2D eigenvalue weighted by molar-refractivity contribution is 7.90. The molecule has 0 amide bonds. The summed E-state index contributed by atoms with van der Waals surface area (Å²) < 4.78 is 31.7. The van der Waals surface area contributed by atoms with Crippen LogP contribution in [0.3, 0.4) is 0 Å². The van der Waals surface area contributed by atoms with Crippen molar-refractivity contribution in [3.05, 3.63) is 46.2 Å². The molecule has 2 aromatic rings. The number of rotatable bonds is 8. The fourth-order valence-corrected chi connectivity index (χ4v) is 4.28. The molecule has 0 fully saturated rings. The van der Waals surface area contributed by atoms with Crippen molar-refractivity contribution in [2.45, 2.75) is 65.8 Å². The highest BCUT2D eigenvalue weighted by Crippen LogP contribution is 2.33. The first kappa shape index (κ1) is 24.5. The predicted octanol–water partition coefficient (Wildman–Crippen LogP) is 4.36. The van der Waals surface area contributed by atoms with Crippen LogP contribution in [0.1, 0.15) is 74.5 Å². The van der Waals surface area contributed by atoms with Crippen LogP contribution >= 0.6 is 0 Å². The second kappa shape index (κ2) is 9.60. The Kier molecular flexibility index (Phi) is 7.59. The first-order valence-corrected chi connectivity index (χ1v) is 12.1. The fraction of sp³-hybridized carbons (Fsp3) is 0.435. The van der Waals surface area contributed by atoms with Crippen LogP contribution < -0.4 is 4.74 Å². The van der Waals surface area contributed by atoms with Gasteiger partial charge in [-0.15, -0.1) is 0 Å². The molecule has 2 rings (SSSR count). The molecule has 0 aliphatic carbocycles. The summed E-state index contributed by atoms with van der Waals surface area (Å²) in [6, 6.07) is 2.98. The smallest absolute Gasteiger partial charge is 0.312 e. The topological polar surface area (TPSA) is 95.3 Å². The SMILES string of the molecule is CCCn1ncc(C(=O)c2ccc(S(C)(=O)=O)c(C(C)=C(C)C)c2C)c1OC(=O)CC. The van der Waals surface area contributed by atoms with Crippen molar-refractivity contribution in [2.75, 3.05) is 6.26 Å². The molecule has 0 spiro atoms. The maximum Gasteiger partial charge on any atom is 0.312 e. The summed E-state index contributed by atoms with van der Waals surface area (Å²) in [5.41, 5.74) is 3.35. The number of ether oxygens (including phenoxy) is 1. The van der Waals surface area contributed by atoms with Crippen molar-refractivity contribution in [1.29, 1.82) is 0 Å². The molecule has 0 atom stereocenters. The number of benzene rings is 1. The second-order valence-electron chi connectivity index (χ2n) is 7.75. The minimum absolute atomic E-state index is 0.116. The van der Waals surface area contributed by atoms with Crippen LogP contribution in [0, 0.1) is 6.92 Å². The number of allylic oxidation sites excluding steroid dienone is 2. The van der Waals surface area contributed by atoms with Crippen molar-refractivity contribution in [3.8, 4) is 5.88 Å². The van der Waals surface area contributed by atoms with Gasteiger partial charge < -0.3 is 4.74 Å². The largest absolute Gasteiger partial charge is 0.407 e. The number of ketones is 1. The average molecular weight is 447 g/mol. The standard InChI is InChI=1S/C23H30N2O5S/c1-8-12-25-23(30-20(26)9-2)18(13-24-25)22(27)17-10-11-19(31(7,28)29)21(16(17)6)15(5)14(3)4/h10-11,13H,8-9,12H2,1-7H3. The van der Waals surface area contributed by atoms with E-state index in [1.807, 2.05) is 27.7 Å².